The number of nitrogens with zero attached hydrogens (tertiary/aromatic N) is 1. The average Bonchev–Trinajstić information content (AvgIpc) is 2.50. The summed E-state index contributed by atoms with van der Waals surface area (Å²) in [5.74, 6) is 0.0871. The lowest BCUT2D eigenvalue weighted by molar-refractivity contribution is -0.117. The van der Waals surface area contributed by atoms with Crippen LogP contribution >= 0.6 is 0 Å². The van der Waals surface area contributed by atoms with Crippen LogP contribution in [0.4, 0.5) is 11.4 Å². The molecule has 0 saturated carbocycles. The number of amides is 1. The lowest BCUT2D eigenvalue weighted by atomic mass is 10.0. The minimum absolute atomic E-state index is 0.111. The SMILES string of the molecule is N#Cc1ccc2c(c1)NC(Cc1ccc(O)cc1)C(=O)N2. The molecule has 3 rings (SSSR count). The smallest absolute Gasteiger partial charge is 0.247 e. The number of phenols is 1. The summed E-state index contributed by atoms with van der Waals surface area (Å²) in [6.07, 6.45) is 0.502. The lowest BCUT2D eigenvalue weighted by Gasteiger charge is -2.27. The second-order valence-electron chi connectivity index (χ2n) is 4.93. The first-order chi connectivity index (χ1) is 10.2. The summed E-state index contributed by atoms with van der Waals surface area (Å²) in [4.78, 5) is 12.1. The van der Waals surface area contributed by atoms with Crippen molar-refractivity contribution >= 4 is 17.3 Å². The highest BCUT2D eigenvalue weighted by molar-refractivity contribution is 6.03. The van der Waals surface area contributed by atoms with E-state index in [1.807, 2.05) is 0 Å². The molecular weight excluding hydrogens is 266 g/mol. The number of anilines is 2. The maximum atomic E-state index is 12.1. The molecule has 1 aliphatic heterocycles. The maximum absolute atomic E-state index is 12.1. The van der Waals surface area contributed by atoms with Gasteiger partial charge in [-0.25, -0.2) is 0 Å². The third-order valence-corrected chi connectivity index (χ3v) is 3.43. The summed E-state index contributed by atoms with van der Waals surface area (Å²) >= 11 is 0. The van der Waals surface area contributed by atoms with Gasteiger partial charge in [0.25, 0.3) is 0 Å². The fourth-order valence-corrected chi connectivity index (χ4v) is 2.33. The van der Waals surface area contributed by atoms with Gasteiger partial charge in [0.2, 0.25) is 5.91 Å². The van der Waals surface area contributed by atoms with Gasteiger partial charge in [0, 0.05) is 6.42 Å². The molecule has 5 heteroatoms. The van der Waals surface area contributed by atoms with Crippen molar-refractivity contribution in [1.29, 1.82) is 5.26 Å². The molecule has 3 N–H and O–H groups in total. The molecule has 1 atom stereocenters. The Labute approximate surface area is 121 Å². The van der Waals surface area contributed by atoms with Gasteiger partial charge in [-0.1, -0.05) is 12.1 Å². The largest absolute Gasteiger partial charge is 0.508 e. The molecule has 2 aromatic rings. The van der Waals surface area contributed by atoms with Crippen LogP contribution in [0.5, 0.6) is 5.75 Å². The van der Waals surface area contributed by atoms with Crippen molar-refractivity contribution in [2.45, 2.75) is 12.5 Å². The van der Waals surface area contributed by atoms with Crippen molar-refractivity contribution in [3.8, 4) is 11.8 Å². The van der Waals surface area contributed by atoms with E-state index in [0.29, 0.717) is 17.7 Å². The van der Waals surface area contributed by atoms with Gasteiger partial charge in [0.05, 0.1) is 23.0 Å². The Morgan fingerprint density at radius 2 is 1.90 bits per heavy atom. The number of nitriles is 1. The van der Waals surface area contributed by atoms with Crippen LogP contribution in [0, 0.1) is 11.3 Å². The van der Waals surface area contributed by atoms with Gasteiger partial charge in [-0.15, -0.1) is 0 Å². The van der Waals surface area contributed by atoms with Crippen molar-refractivity contribution < 1.29 is 9.90 Å². The summed E-state index contributed by atoms with van der Waals surface area (Å²) in [6.45, 7) is 0. The van der Waals surface area contributed by atoms with Crippen LogP contribution in [0.3, 0.4) is 0 Å². The van der Waals surface area contributed by atoms with Gasteiger partial charge in [-0.3, -0.25) is 4.79 Å². The summed E-state index contributed by atoms with van der Waals surface area (Å²) in [7, 11) is 0. The summed E-state index contributed by atoms with van der Waals surface area (Å²) in [5.41, 5.74) is 2.92. The molecule has 0 radical (unpaired) electrons. The summed E-state index contributed by atoms with van der Waals surface area (Å²) in [6, 6.07) is 13.5. The summed E-state index contributed by atoms with van der Waals surface area (Å²) in [5, 5.41) is 24.2. The molecule has 0 spiro atoms. The Hall–Kier alpha value is -3.00. The number of nitrogens with one attached hydrogen (secondary N) is 2. The lowest BCUT2D eigenvalue weighted by Crippen LogP contribution is -2.40. The minimum Gasteiger partial charge on any atom is -0.508 e. The molecule has 5 nitrogen and oxygen atoms in total. The van der Waals surface area contributed by atoms with Crippen LogP contribution in [0.1, 0.15) is 11.1 Å². The zero-order valence-electron chi connectivity index (χ0n) is 11.1. The Balaban J connectivity index is 1.83. The molecule has 1 unspecified atom stereocenters. The Morgan fingerprint density at radius 3 is 2.62 bits per heavy atom. The maximum Gasteiger partial charge on any atom is 0.247 e. The Morgan fingerprint density at radius 1 is 1.14 bits per heavy atom. The third kappa shape index (κ3) is 2.65. The highest BCUT2D eigenvalue weighted by atomic mass is 16.3. The second kappa shape index (κ2) is 5.17. The summed E-state index contributed by atoms with van der Waals surface area (Å²) < 4.78 is 0. The second-order valence-corrected chi connectivity index (χ2v) is 4.93. The third-order valence-electron chi connectivity index (χ3n) is 3.43. The van der Waals surface area contributed by atoms with E-state index in [9.17, 15) is 9.90 Å². The first-order valence-electron chi connectivity index (χ1n) is 6.55. The van der Waals surface area contributed by atoms with Crippen LogP contribution in [0.2, 0.25) is 0 Å². The van der Waals surface area contributed by atoms with E-state index in [-0.39, 0.29) is 11.7 Å². The topological polar surface area (TPSA) is 85.2 Å². The van der Waals surface area contributed by atoms with E-state index < -0.39 is 6.04 Å². The number of hydrogen-bond donors (Lipinski definition) is 3. The molecule has 0 aromatic heterocycles. The zero-order valence-corrected chi connectivity index (χ0v) is 11.1. The van der Waals surface area contributed by atoms with E-state index >= 15 is 0 Å². The molecule has 1 aliphatic rings. The molecular formula is C16H13N3O2. The van der Waals surface area contributed by atoms with Crippen molar-refractivity contribution in [1.82, 2.24) is 0 Å². The highest BCUT2D eigenvalue weighted by Gasteiger charge is 2.25. The Kier molecular flexibility index (Phi) is 3.20. The van der Waals surface area contributed by atoms with E-state index in [1.54, 1.807) is 42.5 Å². The van der Waals surface area contributed by atoms with Crippen LogP contribution in [-0.2, 0) is 11.2 Å². The van der Waals surface area contributed by atoms with Crippen LogP contribution in [0.15, 0.2) is 42.5 Å². The fourth-order valence-electron chi connectivity index (χ4n) is 2.33. The average molecular weight is 279 g/mol. The van der Waals surface area contributed by atoms with Crippen LogP contribution < -0.4 is 10.6 Å². The first kappa shape index (κ1) is 13.0. The predicted octanol–water partition coefficient (Wildman–Crippen LogP) is 2.24. The van der Waals surface area contributed by atoms with E-state index in [1.165, 1.54) is 0 Å². The van der Waals surface area contributed by atoms with E-state index in [4.69, 9.17) is 5.26 Å². The standard InChI is InChI=1S/C16H13N3O2/c17-9-11-3-6-13-14(8-11)18-15(16(21)19-13)7-10-1-4-12(20)5-2-10/h1-6,8,15,18,20H,7H2,(H,19,21). The van der Waals surface area contributed by atoms with E-state index in [2.05, 4.69) is 16.7 Å². The predicted molar refractivity (Wildman–Crippen MR) is 79.0 cm³/mol. The van der Waals surface area contributed by atoms with Crippen LogP contribution in [0.25, 0.3) is 0 Å². The molecule has 21 heavy (non-hydrogen) atoms. The number of fused-ring (bicyclic) bond motifs is 1. The zero-order chi connectivity index (χ0) is 14.8. The van der Waals surface area contributed by atoms with Crippen molar-refractivity contribution in [2.75, 3.05) is 10.6 Å². The van der Waals surface area contributed by atoms with Gasteiger partial charge in [-0.2, -0.15) is 5.26 Å². The normalized spacial score (nSPS) is 16.3. The van der Waals surface area contributed by atoms with Gasteiger partial charge in [-0.05, 0) is 35.9 Å². The quantitative estimate of drug-likeness (QED) is 0.787. The monoisotopic (exact) mass is 279 g/mol. The van der Waals surface area contributed by atoms with Crippen molar-refractivity contribution in [2.24, 2.45) is 0 Å². The van der Waals surface area contributed by atoms with Gasteiger partial charge < -0.3 is 15.7 Å². The molecule has 1 heterocycles. The van der Waals surface area contributed by atoms with Crippen molar-refractivity contribution in [3.63, 3.8) is 0 Å². The molecule has 0 aliphatic carbocycles. The van der Waals surface area contributed by atoms with Crippen LogP contribution in [-0.4, -0.2) is 17.1 Å². The molecule has 104 valence electrons. The molecule has 0 fully saturated rings. The van der Waals surface area contributed by atoms with Gasteiger partial charge >= 0.3 is 0 Å². The van der Waals surface area contributed by atoms with Gasteiger partial charge in [0.15, 0.2) is 0 Å². The number of carbonyl (C=O) groups is 1. The number of hydrogen-bond acceptors (Lipinski definition) is 4. The molecule has 1 amide bonds. The molecule has 0 bridgehead atoms. The fraction of sp³-hybridized carbons (Fsp3) is 0.125. The Bertz CT molecular complexity index is 732. The number of rotatable bonds is 2. The highest BCUT2D eigenvalue weighted by Crippen LogP contribution is 2.28. The minimum atomic E-state index is -0.406. The number of aromatic hydroxyl groups is 1. The van der Waals surface area contributed by atoms with Gasteiger partial charge in [0.1, 0.15) is 11.8 Å². The molecule has 2 aromatic carbocycles. The number of benzene rings is 2. The first-order valence-corrected chi connectivity index (χ1v) is 6.55. The number of carbonyl (C=O) groups excluding carboxylic acids is 1. The number of phenolic OH excluding ortho intramolecular Hbond substituents is 1. The van der Waals surface area contributed by atoms with E-state index in [0.717, 1.165) is 11.3 Å². The van der Waals surface area contributed by atoms with Crippen molar-refractivity contribution in [3.05, 3.63) is 53.6 Å². The molecule has 0 saturated heterocycles.